The second-order valence-corrected chi connectivity index (χ2v) is 3.78. The van der Waals surface area contributed by atoms with Crippen LogP contribution in [0.25, 0.3) is 0 Å². The number of para-hydroxylation sites is 1. The van der Waals surface area contributed by atoms with Crippen molar-refractivity contribution in [3.63, 3.8) is 0 Å². The van der Waals surface area contributed by atoms with Gasteiger partial charge in [-0.05, 0) is 25.5 Å². The van der Waals surface area contributed by atoms with Crippen LogP contribution < -0.4 is 4.90 Å². The molecule has 1 aromatic carbocycles. The van der Waals surface area contributed by atoms with Crippen molar-refractivity contribution in [1.29, 1.82) is 0 Å². The summed E-state index contributed by atoms with van der Waals surface area (Å²) >= 11 is 0. The van der Waals surface area contributed by atoms with Gasteiger partial charge in [0.25, 0.3) is 0 Å². The lowest BCUT2D eigenvalue weighted by atomic mass is 10.2. The van der Waals surface area contributed by atoms with Crippen LogP contribution in [0.2, 0.25) is 0 Å². The van der Waals surface area contributed by atoms with Crippen molar-refractivity contribution in [2.45, 2.75) is 19.4 Å². The fourth-order valence-electron chi connectivity index (χ4n) is 1.90. The topological polar surface area (TPSA) is 12.5 Å². The van der Waals surface area contributed by atoms with Crippen molar-refractivity contribution in [3.8, 4) is 0 Å². The van der Waals surface area contributed by atoms with E-state index in [0.29, 0.717) is 6.04 Å². The zero-order valence-electron chi connectivity index (χ0n) is 8.65. The Morgan fingerprint density at radius 3 is 2.79 bits per heavy atom. The molecule has 0 spiro atoms. The molecular formula is C12H17NO. The molecule has 1 saturated heterocycles. The second-order valence-electron chi connectivity index (χ2n) is 3.78. The first kappa shape index (κ1) is 9.53. The average Bonchev–Trinajstić information content (AvgIpc) is 2.44. The molecule has 0 aromatic heterocycles. The molecule has 0 N–H and O–H groups in total. The van der Waals surface area contributed by atoms with Crippen molar-refractivity contribution in [3.05, 3.63) is 30.3 Å². The summed E-state index contributed by atoms with van der Waals surface area (Å²) in [4.78, 5) is 2.42. The monoisotopic (exact) mass is 191 g/mol. The van der Waals surface area contributed by atoms with E-state index in [-0.39, 0.29) is 0 Å². The molecule has 0 bridgehead atoms. The second kappa shape index (κ2) is 4.47. The zero-order valence-corrected chi connectivity index (χ0v) is 8.65. The van der Waals surface area contributed by atoms with Gasteiger partial charge in [0, 0.05) is 24.9 Å². The fraction of sp³-hybridized carbons (Fsp3) is 0.500. The quantitative estimate of drug-likeness (QED) is 0.675. The van der Waals surface area contributed by atoms with E-state index < -0.39 is 0 Å². The number of rotatable bonds is 1. The predicted octanol–water partition coefficient (Wildman–Crippen LogP) is 2.30. The molecule has 76 valence electrons. The summed E-state index contributed by atoms with van der Waals surface area (Å²) in [5.74, 6) is 0. The number of hydrogen-bond acceptors (Lipinski definition) is 2. The maximum atomic E-state index is 5.47. The van der Waals surface area contributed by atoms with Gasteiger partial charge in [0.05, 0.1) is 6.61 Å². The molecule has 0 radical (unpaired) electrons. The molecule has 0 amide bonds. The minimum atomic E-state index is 0.583. The molecule has 1 aliphatic heterocycles. The number of benzene rings is 1. The fourth-order valence-corrected chi connectivity index (χ4v) is 1.90. The van der Waals surface area contributed by atoms with E-state index >= 15 is 0 Å². The molecule has 1 atom stereocenters. The molecule has 0 saturated carbocycles. The van der Waals surface area contributed by atoms with Crippen LogP contribution >= 0.6 is 0 Å². The van der Waals surface area contributed by atoms with Crippen molar-refractivity contribution in [2.24, 2.45) is 0 Å². The van der Waals surface area contributed by atoms with E-state index in [0.717, 1.165) is 26.2 Å². The van der Waals surface area contributed by atoms with Gasteiger partial charge in [-0.25, -0.2) is 0 Å². The Labute approximate surface area is 85.5 Å². The molecule has 1 heterocycles. The summed E-state index contributed by atoms with van der Waals surface area (Å²) in [6.07, 6.45) is 1.12. The van der Waals surface area contributed by atoms with E-state index in [2.05, 4.69) is 42.2 Å². The number of ether oxygens (including phenoxy) is 1. The van der Waals surface area contributed by atoms with Crippen molar-refractivity contribution in [1.82, 2.24) is 0 Å². The largest absolute Gasteiger partial charge is 0.380 e. The van der Waals surface area contributed by atoms with Crippen LogP contribution in [0.5, 0.6) is 0 Å². The Kier molecular flexibility index (Phi) is 3.04. The van der Waals surface area contributed by atoms with Crippen molar-refractivity contribution < 1.29 is 4.74 Å². The summed E-state index contributed by atoms with van der Waals surface area (Å²) in [5, 5.41) is 0. The SMILES string of the molecule is C[C@@H]1CCOCCN1c1ccccc1. The van der Waals surface area contributed by atoms with Gasteiger partial charge in [-0.3, -0.25) is 0 Å². The highest BCUT2D eigenvalue weighted by Gasteiger charge is 2.16. The molecule has 2 heteroatoms. The summed E-state index contributed by atoms with van der Waals surface area (Å²) in [6.45, 7) is 5.01. The normalized spacial score (nSPS) is 23.2. The summed E-state index contributed by atoms with van der Waals surface area (Å²) in [7, 11) is 0. The predicted molar refractivity (Wildman–Crippen MR) is 58.7 cm³/mol. The lowest BCUT2D eigenvalue weighted by Gasteiger charge is -2.28. The van der Waals surface area contributed by atoms with E-state index in [9.17, 15) is 0 Å². The Hall–Kier alpha value is -1.02. The van der Waals surface area contributed by atoms with Gasteiger partial charge >= 0.3 is 0 Å². The van der Waals surface area contributed by atoms with Gasteiger partial charge in [0.2, 0.25) is 0 Å². The average molecular weight is 191 g/mol. The van der Waals surface area contributed by atoms with E-state index in [1.54, 1.807) is 0 Å². The summed E-state index contributed by atoms with van der Waals surface area (Å²) in [6, 6.07) is 11.2. The molecule has 0 unspecified atom stereocenters. The lowest BCUT2D eigenvalue weighted by molar-refractivity contribution is 0.150. The molecule has 0 aliphatic carbocycles. The number of hydrogen-bond donors (Lipinski definition) is 0. The molecule has 2 rings (SSSR count). The Morgan fingerprint density at radius 2 is 2.00 bits per heavy atom. The highest BCUT2D eigenvalue weighted by atomic mass is 16.5. The Morgan fingerprint density at radius 1 is 1.21 bits per heavy atom. The Bertz CT molecular complexity index is 273. The van der Waals surface area contributed by atoms with Crippen LogP contribution in [0.3, 0.4) is 0 Å². The minimum absolute atomic E-state index is 0.583. The first-order valence-corrected chi connectivity index (χ1v) is 5.27. The van der Waals surface area contributed by atoms with Gasteiger partial charge < -0.3 is 9.64 Å². The third kappa shape index (κ3) is 2.07. The highest BCUT2D eigenvalue weighted by Crippen LogP contribution is 2.19. The minimum Gasteiger partial charge on any atom is -0.380 e. The van der Waals surface area contributed by atoms with E-state index in [4.69, 9.17) is 4.74 Å². The summed E-state index contributed by atoms with van der Waals surface area (Å²) in [5.41, 5.74) is 1.31. The van der Waals surface area contributed by atoms with E-state index in [1.165, 1.54) is 5.69 Å². The molecule has 2 nitrogen and oxygen atoms in total. The molecule has 1 fully saturated rings. The highest BCUT2D eigenvalue weighted by molar-refractivity contribution is 5.46. The van der Waals surface area contributed by atoms with Crippen LogP contribution in [0, 0.1) is 0 Å². The molecule has 1 aromatic rings. The van der Waals surface area contributed by atoms with Crippen LogP contribution in [0.1, 0.15) is 13.3 Å². The first-order chi connectivity index (χ1) is 6.88. The van der Waals surface area contributed by atoms with Gasteiger partial charge in [0.15, 0.2) is 0 Å². The molecule has 1 aliphatic rings. The number of nitrogens with zero attached hydrogens (tertiary/aromatic N) is 1. The van der Waals surface area contributed by atoms with Crippen molar-refractivity contribution >= 4 is 5.69 Å². The van der Waals surface area contributed by atoms with Crippen LogP contribution in [-0.4, -0.2) is 25.8 Å². The standard InChI is InChI=1S/C12H17NO/c1-11-7-9-14-10-8-13(11)12-5-3-2-4-6-12/h2-6,11H,7-10H2,1H3/t11-/m1/s1. The smallest absolute Gasteiger partial charge is 0.0641 e. The lowest BCUT2D eigenvalue weighted by Crippen LogP contribution is -2.33. The van der Waals surface area contributed by atoms with Crippen LogP contribution in [0.4, 0.5) is 5.69 Å². The maximum absolute atomic E-state index is 5.47. The van der Waals surface area contributed by atoms with Crippen LogP contribution in [-0.2, 0) is 4.74 Å². The Balaban J connectivity index is 2.15. The van der Waals surface area contributed by atoms with E-state index in [1.807, 2.05) is 0 Å². The third-order valence-corrected chi connectivity index (χ3v) is 2.78. The van der Waals surface area contributed by atoms with Gasteiger partial charge in [0.1, 0.15) is 0 Å². The number of anilines is 1. The summed E-state index contributed by atoms with van der Waals surface area (Å²) < 4.78 is 5.47. The zero-order chi connectivity index (χ0) is 9.80. The van der Waals surface area contributed by atoms with Gasteiger partial charge in [-0.2, -0.15) is 0 Å². The van der Waals surface area contributed by atoms with Crippen molar-refractivity contribution in [2.75, 3.05) is 24.7 Å². The third-order valence-electron chi connectivity index (χ3n) is 2.78. The molecule has 14 heavy (non-hydrogen) atoms. The van der Waals surface area contributed by atoms with Gasteiger partial charge in [-0.1, -0.05) is 18.2 Å². The van der Waals surface area contributed by atoms with Crippen LogP contribution in [0.15, 0.2) is 30.3 Å². The molecular weight excluding hydrogens is 174 g/mol. The first-order valence-electron chi connectivity index (χ1n) is 5.27. The van der Waals surface area contributed by atoms with Gasteiger partial charge in [-0.15, -0.1) is 0 Å². The maximum Gasteiger partial charge on any atom is 0.0641 e.